The van der Waals surface area contributed by atoms with Gasteiger partial charge >= 0.3 is 0 Å². The van der Waals surface area contributed by atoms with Gasteiger partial charge in [-0.15, -0.1) is 0 Å². The van der Waals surface area contributed by atoms with Crippen molar-refractivity contribution < 1.29 is 8.42 Å². The Morgan fingerprint density at radius 1 is 1.37 bits per heavy atom. The molecule has 108 valence electrons. The molecule has 0 aromatic heterocycles. The minimum atomic E-state index is -3.78. The summed E-state index contributed by atoms with van der Waals surface area (Å²) in [5, 5.41) is 8.25. The quantitative estimate of drug-likeness (QED) is 0.667. The number of nitrogens with two attached hydrogens (primary N) is 2. The number of sulfonamides is 1. The summed E-state index contributed by atoms with van der Waals surface area (Å²) in [6.07, 6.45) is 0. The first-order chi connectivity index (χ1) is 8.71. The van der Waals surface area contributed by atoms with Gasteiger partial charge in [0.05, 0.1) is 5.69 Å². The second kappa shape index (κ2) is 6.23. The van der Waals surface area contributed by atoms with Gasteiger partial charge in [-0.3, -0.25) is 0 Å². The lowest BCUT2D eigenvalue weighted by molar-refractivity contribution is 0.284. The second-order valence-corrected chi connectivity index (χ2v) is 6.33. The van der Waals surface area contributed by atoms with E-state index in [4.69, 9.17) is 10.9 Å². The van der Waals surface area contributed by atoms with Gasteiger partial charge in [0.2, 0.25) is 10.0 Å². The summed E-state index contributed by atoms with van der Waals surface area (Å²) in [7, 11) is -1.77. The van der Waals surface area contributed by atoms with Crippen LogP contribution in [0.1, 0.15) is 13.8 Å². The Balaban J connectivity index is 2.79. The first-order valence-electron chi connectivity index (χ1n) is 6.08. The van der Waals surface area contributed by atoms with E-state index in [1.807, 2.05) is 7.05 Å². The molecule has 0 saturated carbocycles. The molecule has 0 aliphatic rings. The number of primary sulfonamides is 1. The van der Waals surface area contributed by atoms with Gasteiger partial charge in [-0.2, -0.15) is 0 Å². The Hall–Kier alpha value is -1.31. The molecule has 0 spiro atoms. The summed E-state index contributed by atoms with van der Waals surface area (Å²) in [5.41, 5.74) is 6.43. The number of hydrogen-bond acceptors (Lipinski definition) is 5. The van der Waals surface area contributed by atoms with E-state index in [0.29, 0.717) is 24.0 Å². The number of anilines is 2. The van der Waals surface area contributed by atoms with Crippen LogP contribution in [0.5, 0.6) is 0 Å². The Morgan fingerprint density at radius 2 is 2.00 bits per heavy atom. The Bertz CT molecular complexity index is 529. The van der Waals surface area contributed by atoms with Crippen LogP contribution < -0.4 is 16.2 Å². The minimum absolute atomic E-state index is 0.0275. The topological polar surface area (TPSA) is 101 Å². The van der Waals surface area contributed by atoms with Crippen LogP contribution in [0.25, 0.3) is 0 Å². The predicted octanol–water partition coefficient (Wildman–Crippen LogP) is 0.668. The molecule has 0 heterocycles. The van der Waals surface area contributed by atoms with Gasteiger partial charge in [0.1, 0.15) is 4.90 Å². The summed E-state index contributed by atoms with van der Waals surface area (Å²) in [6.45, 7) is 5.62. The molecular weight excluding hydrogens is 264 g/mol. The largest absolute Gasteiger partial charge is 0.399 e. The molecule has 0 bridgehead atoms. The molecule has 1 aromatic carbocycles. The molecule has 0 radical (unpaired) electrons. The highest BCUT2D eigenvalue weighted by Gasteiger charge is 2.14. The highest BCUT2D eigenvalue weighted by atomic mass is 32.2. The van der Waals surface area contributed by atoms with E-state index < -0.39 is 10.0 Å². The molecule has 0 aliphatic carbocycles. The molecule has 19 heavy (non-hydrogen) atoms. The van der Waals surface area contributed by atoms with Gasteiger partial charge in [0.15, 0.2) is 0 Å². The molecule has 6 nitrogen and oxygen atoms in total. The maximum atomic E-state index is 11.5. The zero-order valence-corrected chi connectivity index (χ0v) is 12.4. The molecular formula is C12H22N4O2S. The van der Waals surface area contributed by atoms with Gasteiger partial charge in [-0.1, -0.05) is 0 Å². The lowest BCUT2D eigenvalue weighted by Crippen LogP contribution is -2.31. The van der Waals surface area contributed by atoms with Crippen molar-refractivity contribution in [2.24, 2.45) is 5.14 Å². The summed E-state index contributed by atoms with van der Waals surface area (Å²) >= 11 is 0. The van der Waals surface area contributed by atoms with Crippen LogP contribution in [-0.4, -0.2) is 39.5 Å². The lowest BCUT2D eigenvalue weighted by Gasteiger charge is -2.21. The molecule has 1 rings (SSSR count). The van der Waals surface area contributed by atoms with E-state index in [0.717, 1.165) is 6.54 Å². The smallest absolute Gasteiger partial charge is 0.240 e. The third-order valence-electron chi connectivity index (χ3n) is 2.97. The van der Waals surface area contributed by atoms with Crippen LogP contribution in [0.4, 0.5) is 11.4 Å². The van der Waals surface area contributed by atoms with Crippen molar-refractivity contribution in [1.82, 2.24) is 4.90 Å². The minimum Gasteiger partial charge on any atom is -0.399 e. The van der Waals surface area contributed by atoms with Crippen LogP contribution >= 0.6 is 0 Å². The monoisotopic (exact) mass is 286 g/mol. The molecule has 0 aliphatic heterocycles. The second-order valence-electron chi connectivity index (χ2n) is 4.80. The lowest BCUT2D eigenvalue weighted by atomic mass is 10.3. The van der Waals surface area contributed by atoms with Crippen molar-refractivity contribution >= 4 is 21.4 Å². The number of benzene rings is 1. The maximum Gasteiger partial charge on any atom is 0.240 e. The van der Waals surface area contributed by atoms with E-state index in [-0.39, 0.29) is 4.90 Å². The number of rotatable bonds is 6. The van der Waals surface area contributed by atoms with Crippen molar-refractivity contribution in [3.05, 3.63) is 18.2 Å². The summed E-state index contributed by atoms with van der Waals surface area (Å²) in [5.74, 6) is 0. The molecule has 0 amide bonds. The Kier molecular flexibility index (Phi) is 5.16. The molecule has 0 atom stereocenters. The zero-order valence-electron chi connectivity index (χ0n) is 11.6. The van der Waals surface area contributed by atoms with Crippen LogP contribution in [0.3, 0.4) is 0 Å². The number of nitrogens with zero attached hydrogens (tertiary/aromatic N) is 1. The van der Waals surface area contributed by atoms with E-state index in [1.165, 1.54) is 6.07 Å². The zero-order chi connectivity index (χ0) is 14.6. The fourth-order valence-corrected chi connectivity index (χ4v) is 2.29. The van der Waals surface area contributed by atoms with Crippen molar-refractivity contribution in [3.63, 3.8) is 0 Å². The van der Waals surface area contributed by atoms with Gasteiger partial charge in [-0.05, 0) is 39.1 Å². The molecule has 0 saturated heterocycles. The van der Waals surface area contributed by atoms with Crippen molar-refractivity contribution in [1.29, 1.82) is 0 Å². The highest BCUT2D eigenvalue weighted by Crippen LogP contribution is 2.22. The fourth-order valence-electron chi connectivity index (χ4n) is 1.55. The van der Waals surface area contributed by atoms with E-state index in [9.17, 15) is 8.42 Å². The standard InChI is InChI=1S/C12H22N4O2S/c1-9(2)16(3)7-6-15-11-5-4-10(13)8-12(11)19(14,17)18/h4-5,8-9,15H,6-7,13H2,1-3H3,(H2,14,17,18). The number of nitrogen functional groups attached to an aromatic ring is 1. The third-order valence-corrected chi connectivity index (χ3v) is 3.92. The van der Waals surface area contributed by atoms with Gasteiger partial charge in [-0.25, -0.2) is 13.6 Å². The van der Waals surface area contributed by atoms with Gasteiger partial charge in [0.25, 0.3) is 0 Å². The average Bonchev–Trinajstić information content (AvgIpc) is 2.29. The van der Waals surface area contributed by atoms with Crippen molar-refractivity contribution in [2.45, 2.75) is 24.8 Å². The van der Waals surface area contributed by atoms with Crippen LogP contribution in [-0.2, 0) is 10.0 Å². The first-order valence-corrected chi connectivity index (χ1v) is 7.63. The number of nitrogens with one attached hydrogen (secondary N) is 1. The number of hydrogen-bond donors (Lipinski definition) is 3. The van der Waals surface area contributed by atoms with E-state index >= 15 is 0 Å². The van der Waals surface area contributed by atoms with Crippen LogP contribution in [0, 0.1) is 0 Å². The average molecular weight is 286 g/mol. The Morgan fingerprint density at radius 3 is 2.53 bits per heavy atom. The first kappa shape index (κ1) is 15.7. The molecule has 0 unspecified atom stereocenters. The predicted molar refractivity (Wildman–Crippen MR) is 78.5 cm³/mol. The third kappa shape index (κ3) is 4.70. The summed E-state index contributed by atoms with van der Waals surface area (Å²) in [6, 6.07) is 5.07. The fraction of sp³-hybridized carbons (Fsp3) is 0.500. The van der Waals surface area contributed by atoms with Crippen LogP contribution in [0.2, 0.25) is 0 Å². The van der Waals surface area contributed by atoms with E-state index in [2.05, 4.69) is 24.1 Å². The van der Waals surface area contributed by atoms with Gasteiger partial charge < -0.3 is 16.0 Å². The van der Waals surface area contributed by atoms with Crippen LogP contribution in [0.15, 0.2) is 23.1 Å². The number of likely N-dealkylation sites (N-methyl/N-ethyl adjacent to an activating group) is 1. The maximum absolute atomic E-state index is 11.5. The SMILES string of the molecule is CC(C)N(C)CCNc1ccc(N)cc1S(N)(=O)=O. The summed E-state index contributed by atoms with van der Waals surface area (Å²) in [4.78, 5) is 2.18. The normalized spacial score (nSPS) is 12.1. The van der Waals surface area contributed by atoms with Gasteiger partial charge in [0, 0.05) is 24.8 Å². The molecule has 0 fully saturated rings. The Labute approximate surface area is 114 Å². The van der Waals surface area contributed by atoms with Crippen molar-refractivity contribution in [3.8, 4) is 0 Å². The van der Waals surface area contributed by atoms with E-state index in [1.54, 1.807) is 12.1 Å². The molecule has 1 aromatic rings. The molecule has 5 N–H and O–H groups in total. The van der Waals surface area contributed by atoms with Crippen molar-refractivity contribution in [2.75, 3.05) is 31.2 Å². The summed E-state index contributed by atoms with van der Waals surface area (Å²) < 4.78 is 23.0. The molecule has 7 heteroatoms. The highest BCUT2D eigenvalue weighted by molar-refractivity contribution is 7.89.